The summed E-state index contributed by atoms with van der Waals surface area (Å²) in [5.74, 6) is 0. The number of fused-ring (bicyclic) bond motifs is 7. The van der Waals surface area contributed by atoms with Gasteiger partial charge in [-0.15, -0.1) is 0 Å². The van der Waals surface area contributed by atoms with Gasteiger partial charge in [0.2, 0.25) is 0 Å². The fraction of sp³-hybridized carbons (Fsp3) is 0.0256. The molecule has 0 bridgehead atoms. The van der Waals surface area contributed by atoms with E-state index in [0.29, 0.717) is 0 Å². The van der Waals surface area contributed by atoms with Crippen molar-refractivity contribution in [2.75, 3.05) is 0 Å². The van der Waals surface area contributed by atoms with Crippen molar-refractivity contribution in [3.63, 3.8) is 0 Å². The normalized spacial score (nSPS) is 12.0. The zero-order valence-corrected chi connectivity index (χ0v) is 22.0. The van der Waals surface area contributed by atoms with E-state index < -0.39 is 0 Å². The number of furan rings is 1. The fourth-order valence-corrected chi connectivity index (χ4v) is 6.39. The molecular weight excluding hydrogens is 484 g/mol. The summed E-state index contributed by atoms with van der Waals surface area (Å²) in [4.78, 5) is 0. The highest BCUT2D eigenvalue weighted by Gasteiger charge is 2.16. The average molecular weight is 511 g/mol. The Morgan fingerprint density at radius 2 is 1.18 bits per heavy atom. The van der Waals surface area contributed by atoms with Crippen LogP contribution in [-0.4, -0.2) is 0 Å². The maximum Gasteiger partial charge on any atom is 0.135 e. The first-order valence-corrected chi connectivity index (χ1v) is 13.8. The second kappa shape index (κ2) is 9.25. The van der Waals surface area contributed by atoms with Gasteiger partial charge < -0.3 is 4.42 Å². The van der Waals surface area contributed by atoms with E-state index in [0.717, 1.165) is 17.6 Å². The lowest BCUT2D eigenvalue weighted by molar-refractivity contribution is 0.669. The lowest BCUT2D eigenvalue weighted by atomic mass is 9.86. The van der Waals surface area contributed by atoms with Crippen molar-refractivity contribution in [3.05, 3.63) is 151 Å². The van der Waals surface area contributed by atoms with Gasteiger partial charge in [0.15, 0.2) is 0 Å². The summed E-state index contributed by atoms with van der Waals surface area (Å²) in [5, 5.41) is 10.1. The highest BCUT2D eigenvalue weighted by atomic mass is 16.3. The van der Waals surface area contributed by atoms with E-state index in [4.69, 9.17) is 4.42 Å². The van der Waals surface area contributed by atoms with Crippen molar-refractivity contribution in [2.45, 2.75) is 6.42 Å². The third-order valence-electron chi connectivity index (χ3n) is 8.13. The summed E-state index contributed by atoms with van der Waals surface area (Å²) >= 11 is 0. The SMILES string of the molecule is C(=C\c1c2ccccc2c(-c2ccccc2)c2c1ccc1ccccc12)/Cc1cccc2oc3ccccc3c12. The Morgan fingerprint density at radius 3 is 2.05 bits per heavy atom. The lowest BCUT2D eigenvalue weighted by Gasteiger charge is -2.17. The molecule has 0 radical (unpaired) electrons. The molecule has 0 saturated carbocycles. The first-order valence-electron chi connectivity index (χ1n) is 13.8. The third kappa shape index (κ3) is 3.56. The molecule has 1 aromatic heterocycles. The average Bonchev–Trinajstić information content (AvgIpc) is 3.40. The molecule has 0 atom stereocenters. The molecule has 0 aliphatic heterocycles. The van der Waals surface area contributed by atoms with E-state index in [-0.39, 0.29) is 0 Å². The monoisotopic (exact) mass is 510 g/mol. The summed E-state index contributed by atoms with van der Waals surface area (Å²) in [7, 11) is 0. The molecular formula is C39H26O. The molecule has 0 fully saturated rings. The Balaban J connectivity index is 1.37. The van der Waals surface area contributed by atoms with E-state index in [1.54, 1.807) is 0 Å². The smallest absolute Gasteiger partial charge is 0.135 e. The molecule has 0 amide bonds. The predicted molar refractivity (Wildman–Crippen MR) is 171 cm³/mol. The van der Waals surface area contributed by atoms with E-state index >= 15 is 0 Å². The first-order chi connectivity index (χ1) is 19.9. The van der Waals surface area contributed by atoms with Crippen LogP contribution >= 0.6 is 0 Å². The molecule has 8 rings (SSSR count). The first kappa shape index (κ1) is 22.8. The van der Waals surface area contributed by atoms with Crippen LogP contribution in [0.1, 0.15) is 11.1 Å². The van der Waals surface area contributed by atoms with Gasteiger partial charge in [-0.1, -0.05) is 133 Å². The molecule has 40 heavy (non-hydrogen) atoms. The number of rotatable bonds is 4. The van der Waals surface area contributed by atoms with Crippen molar-refractivity contribution in [2.24, 2.45) is 0 Å². The van der Waals surface area contributed by atoms with Crippen LogP contribution in [-0.2, 0) is 6.42 Å². The summed E-state index contributed by atoms with van der Waals surface area (Å²) in [6.07, 6.45) is 5.47. The van der Waals surface area contributed by atoms with E-state index in [1.807, 2.05) is 12.1 Å². The van der Waals surface area contributed by atoms with E-state index in [1.165, 1.54) is 65.3 Å². The Labute approximate surface area is 232 Å². The Kier molecular flexibility index (Phi) is 5.28. The minimum absolute atomic E-state index is 0.824. The molecule has 188 valence electrons. The minimum atomic E-state index is 0.824. The van der Waals surface area contributed by atoms with Gasteiger partial charge in [-0.2, -0.15) is 0 Å². The van der Waals surface area contributed by atoms with Gasteiger partial charge in [-0.3, -0.25) is 0 Å². The van der Waals surface area contributed by atoms with Crippen molar-refractivity contribution < 1.29 is 4.42 Å². The molecule has 1 heteroatoms. The van der Waals surface area contributed by atoms with Crippen LogP contribution in [0.25, 0.3) is 71.5 Å². The molecule has 0 aliphatic carbocycles. The van der Waals surface area contributed by atoms with Crippen molar-refractivity contribution in [1.82, 2.24) is 0 Å². The number of hydrogen-bond donors (Lipinski definition) is 0. The van der Waals surface area contributed by atoms with Gasteiger partial charge >= 0.3 is 0 Å². The molecule has 7 aromatic carbocycles. The van der Waals surface area contributed by atoms with Gasteiger partial charge in [-0.05, 0) is 73.1 Å². The third-order valence-corrected chi connectivity index (χ3v) is 8.13. The van der Waals surface area contributed by atoms with Crippen LogP contribution < -0.4 is 0 Å². The van der Waals surface area contributed by atoms with Gasteiger partial charge in [0.25, 0.3) is 0 Å². The van der Waals surface area contributed by atoms with Crippen molar-refractivity contribution >= 4 is 60.3 Å². The predicted octanol–water partition coefficient (Wildman–Crippen LogP) is 11.0. The molecule has 0 unspecified atom stereocenters. The van der Waals surface area contributed by atoms with Gasteiger partial charge in [0, 0.05) is 10.8 Å². The standard InChI is InChI=1S/C39H26O/c1-2-13-28(14-3-1)38-32-19-7-6-18-30(32)31(33-25-24-26-12-4-5-17-29(26)39(33)38)21-10-15-27-16-11-23-36-37(27)34-20-8-9-22-35(34)40-36/h1-14,16-25H,15H2/b21-10+. The van der Waals surface area contributed by atoms with Crippen LogP contribution in [0.5, 0.6) is 0 Å². The molecule has 1 heterocycles. The number of allylic oxidation sites excluding steroid dienone is 1. The van der Waals surface area contributed by atoms with Crippen LogP contribution in [0.15, 0.2) is 144 Å². The quantitative estimate of drug-likeness (QED) is 0.169. The van der Waals surface area contributed by atoms with Crippen molar-refractivity contribution in [1.29, 1.82) is 0 Å². The van der Waals surface area contributed by atoms with Crippen LogP contribution in [0, 0.1) is 0 Å². The van der Waals surface area contributed by atoms with Gasteiger partial charge in [0.05, 0.1) is 0 Å². The molecule has 0 spiro atoms. The highest BCUT2D eigenvalue weighted by Crippen LogP contribution is 2.43. The second-order valence-corrected chi connectivity index (χ2v) is 10.4. The summed E-state index contributed by atoms with van der Waals surface area (Å²) in [6.45, 7) is 0. The maximum atomic E-state index is 6.15. The number of para-hydroxylation sites is 1. The Morgan fingerprint density at radius 1 is 0.475 bits per heavy atom. The van der Waals surface area contributed by atoms with Gasteiger partial charge in [0.1, 0.15) is 11.2 Å². The Bertz CT molecular complexity index is 2230. The molecule has 1 nitrogen and oxygen atoms in total. The Hall–Kier alpha value is -5.14. The van der Waals surface area contributed by atoms with Crippen LogP contribution in [0.3, 0.4) is 0 Å². The topological polar surface area (TPSA) is 13.1 Å². The summed E-state index contributed by atoms with van der Waals surface area (Å²) < 4.78 is 6.15. The highest BCUT2D eigenvalue weighted by molar-refractivity contribution is 6.25. The zero-order valence-electron chi connectivity index (χ0n) is 22.0. The molecule has 0 saturated heterocycles. The summed E-state index contributed by atoms with van der Waals surface area (Å²) in [5.41, 5.74) is 6.97. The molecule has 0 aliphatic rings. The van der Waals surface area contributed by atoms with E-state index in [9.17, 15) is 0 Å². The van der Waals surface area contributed by atoms with Gasteiger partial charge in [-0.25, -0.2) is 0 Å². The van der Waals surface area contributed by atoms with Crippen LogP contribution in [0.2, 0.25) is 0 Å². The van der Waals surface area contributed by atoms with Crippen molar-refractivity contribution in [3.8, 4) is 11.1 Å². The zero-order chi connectivity index (χ0) is 26.5. The summed E-state index contributed by atoms with van der Waals surface area (Å²) in [6, 6.07) is 47.7. The minimum Gasteiger partial charge on any atom is -0.456 e. The second-order valence-electron chi connectivity index (χ2n) is 10.4. The lowest BCUT2D eigenvalue weighted by Crippen LogP contribution is -1.91. The molecule has 0 N–H and O–H groups in total. The fourth-order valence-electron chi connectivity index (χ4n) is 6.39. The maximum absolute atomic E-state index is 6.15. The molecule has 8 aromatic rings. The number of benzene rings is 7. The van der Waals surface area contributed by atoms with E-state index in [2.05, 4.69) is 133 Å². The number of hydrogen-bond acceptors (Lipinski definition) is 1. The largest absolute Gasteiger partial charge is 0.456 e. The van der Waals surface area contributed by atoms with Crippen LogP contribution in [0.4, 0.5) is 0 Å².